The first-order chi connectivity index (χ1) is 20.4. The Balaban J connectivity index is 1.44. The van der Waals surface area contributed by atoms with Crippen LogP contribution in [-0.4, -0.2) is 41.6 Å². The zero-order chi connectivity index (χ0) is 31.1. The van der Waals surface area contributed by atoms with Gasteiger partial charge in [0.25, 0.3) is 5.56 Å². The molecular weight excluding hydrogens is 589 g/mol. The third kappa shape index (κ3) is 6.32. The molecule has 0 saturated heterocycles. The Morgan fingerprint density at radius 1 is 1.19 bits per heavy atom. The number of carbonyl (C=O) groups excluding carboxylic acids is 1. The van der Waals surface area contributed by atoms with E-state index < -0.39 is 0 Å². The second-order valence-electron chi connectivity index (χ2n) is 12.2. The SMILES string of the molecule is CON(C)c1nc2cc(NC(=NC3CC4CC(C3C)C4(C)C)NNC(C)=O)ccc2c(=O)n1CCc1ccc(Cl)cc1Cl. The number of carbonyl (C=O) groups is 1. The Kier molecular flexibility index (Phi) is 8.92. The van der Waals surface area contributed by atoms with E-state index in [1.54, 1.807) is 41.9 Å². The van der Waals surface area contributed by atoms with Gasteiger partial charge >= 0.3 is 0 Å². The van der Waals surface area contributed by atoms with Gasteiger partial charge in [-0.1, -0.05) is 50.0 Å². The molecule has 0 aliphatic heterocycles. The van der Waals surface area contributed by atoms with Gasteiger partial charge in [0.15, 0.2) is 0 Å². The Hall–Kier alpha value is -3.34. The number of nitrogens with zero attached hydrogens (tertiary/aromatic N) is 4. The third-order valence-corrected chi connectivity index (χ3v) is 9.93. The second-order valence-corrected chi connectivity index (χ2v) is 13.0. The summed E-state index contributed by atoms with van der Waals surface area (Å²) in [6.07, 6.45) is 2.76. The first kappa shape index (κ1) is 31.1. The maximum Gasteiger partial charge on any atom is 0.262 e. The number of amides is 1. The quantitative estimate of drug-likeness (QED) is 0.182. The van der Waals surface area contributed by atoms with Crippen molar-refractivity contribution in [1.82, 2.24) is 20.4 Å². The van der Waals surface area contributed by atoms with Crippen LogP contribution in [0.25, 0.3) is 10.9 Å². The van der Waals surface area contributed by atoms with Crippen LogP contribution in [0, 0.1) is 23.2 Å². The fraction of sp³-hybridized carbons (Fsp3) is 0.484. The number of aromatic nitrogens is 2. The summed E-state index contributed by atoms with van der Waals surface area (Å²) < 4.78 is 1.58. The minimum absolute atomic E-state index is 0.127. The number of hydroxylamine groups is 1. The van der Waals surface area contributed by atoms with Crippen molar-refractivity contribution in [2.24, 2.45) is 28.2 Å². The van der Waals surface area contributed by atoms with Crippen LogP contribution in [0.15, 0.2) is 46.2 Å². The van der Waals surface area contributed by atoms with Crippen LogP contribution in [0.4, 0.5) is 11.6 Å². The topological polar surface area (TPSA) is 113 Å². The van der Waals surface area contributed by atoms with Crippen LogP contribution >= 0.6 is 23.2 Å². The van der Waals surface area contributed by atoms with E-state index in [9.17, 15) is 9.59 Å². The number of hydrogen-bond donors (Lipinski definition) is 3. The molecule has 10 nitrogen and oxygen atoms in total. The van der Waals surface area contributed by atoms with Gasteiger partial charge in [-0.15, -0.1) is 0 Å². The van der Waals surface area contributed by atoms with E-state index in [0.29, 0.717) is 74.7 Å². The zero-order valence-corrected chi connectivity index (χ0v) is 26.9. The number of guanidine groups is 1. The fourth-order valence-electron chi connectivity index (χ4n) is 6.61. The lowest BCUT2D eigenvalue weighted by atomic mass is 9.45. The first-order valence-electron chi connectivity index (χ1n) is 14.5. The summed E-state index contributed by atoms with van der Waals surface area (Å²) in [5, 5.41) is 6.31. The number of aryl methyl sites for hydroxylation is 1. The monoisotopic (exact) mass is 627 g/mol. The molecule has 3 saturated carbocycles. The molecule has 3 aromatic rings. The van der Waals surface area contributed by atoms with E-state index in [-0.39, 0.29) is 17.5 Å². The molecule has 3 aliphatic carbocycles. The Morgan fingerprint density at radius 3 is 2.60 bits per heavy atom. The van der Waals surface area contributed by atoms with Crippen molar-refractivity contribution in [2.75, 3.05) is 24.5 Å². The van der Waals surface area contributed by atoms with Gasteiger partial charge in [0.05, 0.1) is 24.1 Å². The van der Waals surface area contributed by atoms with Crippen LogP contribution in [0.1, 0.15) is 46.1 Å². The number of hydrogen-bond acceptors (Lipinski definition) is 6. The summed E-state index contributed by atoms with van der Waals surface area (Å²) >= 11 is 12.4. The molecule has 0 radical (unpaired) electrons. The Bertz CT molecular complexity index is 1620. The minimum atomic E-state index is -0.233. The molecule has 12 heteroatoms. The maximum atomic E-state index is 13.7. The van der Waals surface area contributed by atoms with E-state index >= 15 is 0 Å². The number of fused-ring (bicyclic) bond motifs is 3. The van der Waals surface area contributed by atoms with Crippen molar-refractivity contribution in [2.45, 2.75) is 59.5 Å². The molecule has 0 spiro atoms. The number of nitrogens with one attached hydrogen (secondary N) is 3. The van der Waals surface area contributed by atoms with Gasteiger partial charge in [0.1, 0.15) is 0 Å². The van der Waals surface area contributed by atoms with Gasteiger partial charge in [0, 0.05) is 36.2 Å². The lowest BCUT2D eigenvalue weighted by Crippen LogP contribution is -2.57. The molecule has 2 bridgehead atoms. The lowest BCUT2D eigenvalue weighted by Gasteiger charge is -2.61. The summed E-state index contributed by atoms with van der Waals surface area (Å²) in [7, 11) is 3.21. The van der Waals surface area contributed by atoms with Crippen LogP contribution in [0.5, 0.6) is 0 Å². The van der Waals surface area contributed by atoms with E-state index in [4.69, 9.17) is 38.0 Å². The predicted octanol–water partition coefficient (Wildman–Crippen LogP) is 5.42. The molecule has 1 amide bonds. The number of benzene rings is 2. The number of anilines is 2. The average Bonchev–Trinajstić information content (AvgIpc) is 2.96. The zero-order valence-electron chi connectivity index (χ0n) is 25.4. The minimum Gasteiger partial charge on any atom is -0.325 e. The number of aliphatic imine (C=N–C) groups is 1. The molecule has 3 N–H and O–H groups in total. The van der Waals surface area contributed by atoms with Crippen LogP contribution in [0.2, 0.25) is 10.0 Å². The van der Waals surface area contributed by atoms with Gasteiger partial charge in [-0.05, 0) is 78.3 Å². The number of halogens is 2. The molecule has 3 fully saturated rings. The highest BCUT2D eigenvalue weighted by Gasteiger charge is 2.56. The largest absolute Gasteiger partial charge is 0.325 e. The molecule has 2 aromatic carbocycles. The molecule has 1 heterocycles. The highest BCUT2D eigenvalue weighted by molar-refractivity contribution is 6.35. The molecule has 43 heavy (non-hydrogen) atoms. The molecule has 230 valence electrons. The summed E-state index contributed by atoms with van der Waals surface area (Å²) in [6, 6.07) is 10.8. The van der Waals surface area contributed by atoms with E-state index in [1.807, 2.05) is 6.07 Å². The Morgan fingerprint density at radius 2 is 1.95 bits per heavy atom. The van der Waals surface area contributed by atoms with Gasteiger partial charge in [0.2, 0.25) is 17.8 Å². The van der Waals surface area contributed by atoms with Crippen molar-refractivity contribution >= 4 is 57.6 Å². The van der Waals surface area contributed by atoms with Gasteiger partial charge in [-0.2, -0.15) is 0 Å². The average molecular weight is 629 g/mol. The van der Waals surface area contributed by atoms with Crippen LogP contribution in [-0.2, 0) is 22.6 Å². The predicted molar refractivity (Wildman–Crippen MR) is 173 cm³/mol. The summed E-state index contributed by atoms with van der Waals surface area (Å²) in [5.74, 6) is 2.24. The highest BCUT2D eigenvalue weighted by Crippen LogP contribution is 2.61. The number of rotatable bonds is 7. The molecule has 3 aliphatic rings. The standard InChI is InChI=1S/C31H39Cl2N7O3/c1-17-24-13-20(31(24,3)4)14-26(17)35-29(38-37-18(2)41)34-22-9-10-23-27(16-22)36-30(39(5)43-6)40(28(23)42)12-11-19-7-8-21(32)15-25(19)33/h7-10,15-17,20,24,26H,11-14H2,1-6H3,(H,37,41)(H2,34,35,38). The van der Waals surface area contributed by atoms with Crippen molar-refractivity contribution in [3.05, 3.63) is 62.4 Å². The van der Waals surface area contributed by atoms with Gasteiger partial charge < -0.3 is 5.32 Å². The van der Waals surface area contributed by atoms with Gasteiger partial charge in [-0.3, -0.25) is 29.8 Å². The molecule has 4 atom stereocenters. The van der Waals surface area contributed by atoms with E-state index in [1.165, 1.54) is 25.5 Å². The van der Waals surface area contributed by atoms with Crippen molar-refractivity contribution in [3.8, 4) is 0 Å². The van der Waals surface area contributed by atoms with E-state index in [0.717, 1.165) is 12.0 Å². The molecule has 6 rings (SSSR count). The van der Waals surface area contributed by atoms with Crippen molar-refractivity contribution in [3.63, 3.8) is 0 Å². The van der Waals surface area contributed by atoms with Crippen molar-refractivity contribution < 1.29 is 9.63 Å². The van der Waals surface area contributed by atoms with Gasteiger partial charge in [-0.25, -0.2) is 15.0 Å². The highest BCUT2D eigenvalue weighted by atomic mass is 35.5. The molecule has 4 unspecified atom stereocenters. The molecule has 1 aromatic heterocycles. The van der Waals surface area contributed by atoms with Crippen molar-refractivity contribution in [1.29, 1.82) is 0 Å². The number of hydrazine groups is 1. The lowest BCUT2D eigenvalue weighted by molar-refractivity contribution is -0.119. The first-order valence-corrected chi connectivity index (χ1v) is 15.3. The smallest absolute Gasteiger partial charge is 0.262 e. The normalized spacial score (nSPS) is 22.6. The van der Waals surface area contributed by atoms with Crippen LogP contribution < -0.4 is 26.8 Å². The summed E-state index contributed by atoms with van der Waals surface area (Å²) in [5.41, 5.74) is 7.74. The third-order valence-electron chi connectivity index (χ3n) is 9.34. The second kappa shape index (κ2) is 12.3. The summed E-state index contributed by atoms with van der Waals surface area (Å²) in [4.78, 5) is 40.7. The fourth-order valence-corrected chi connectivity index (χ4v) is 7.11. The van der Waals surface area contributed by atoms with E-state index in [2.05, 4.69) is 36.9 Å². The summed E-state index contributed by atoms with van der Waals surface area (Å²) in [6.45, 7) is 8.75. The molecular formula is C31H39Cl2N7O3. The maximum absolute atomic E-state index is 13.7. The Labute approximate surface area is 261 Å². The van der Waals surface area contributed by atoms with Crippen LogP contribution in [0.3, 0.4) is 0 Å².